The molecular weight excluding hydrogens is 860 g/mol. The van der Waals surface area contributed by atoms with Crippen LogP contribution in [0.3, 0.4) is 0 Å². The summed E-state index contributed by atoms with van der Waals surface area (Å²) in [5.41, 5.74) is 20.5. The molecule has 334 valence electrons. The number of nitrogens with zero attached hydrogens (tertiary/aromatic N) is 4. The number of aryl methyl sites for hydroxylation is 1. The van der Waals surface area contributed by atoms with Gasteiger partial charge in [-0.05, 0) is 123 Å². The van der Waals surface area contributed by atoms with Crippen LogP contribution in [-0.4, -0.2) is 21.0 Å². The van der Waals surface area contributed by atoms with E-state index >= 15 is 0 Å². The summed E-state index contributed by atoms with van der Waals surface area (Å²) in [6.07, 6.45) is 2.29. The zero-order valence-corrected chi connectivity index (χ0v) is 41.2. The third-order valence-electron chi connectivity index (χ3n) is 16.7. The molecule has 0 unspecified atom stereocenters. The molecular formula is C62H51BN4OS. The number of hydrogen-bond donors (Lipinski definition) is 0. The fraction of sp³-hybridized carbons (Fsp3) is 0.210. The molecule has 0 atom stereocenters. The predicted molar refractivity (Wildman–Crippen MR) is 294 cm³/mol. The molecule has 12 aromatic rings. The van der Waals surface area contributed by atoms with E-state index in [0.29, 0.717) is 0 Å². The molecule has 5 nitrogen and oxygen atoms in total. The number of para-hydroxylation sites is 1. The minimum Gasteiger partial charge on any atom is -0.455 e. The van der Waals surface area contributed by atoms with Gasteiger partial charge >= 0.3 is 6.85 Å². The Bertz CT molecular complexity index is 4250. The SMILES string of the molecule is Cn1c(-c2ccccc2)nc2cc3c(cc21)-n1c2cc4c(cc2c2c5oc6ccccc6c5c5c(c21)B3N(c1ccc(C(C)(C)C)cc1)c1cc2sc3ccccc3c2cc1-5)C(C)(C)CCC4(C)C. The Morgan fingerprint density at radius 1 is 0.652 bits per heavy atom. The van der Waals surface area contributed by atoms with Crippen molar-refractivity contribution < 1.29 is 4.42 Å². The van der Waals surface area contributed by atoms with Crippen molar-refractivity contribution in [2.45, 2.75) is 77.6 Å². The van der Waals surface area contributed by atoms with Gasteiger partial charge in [0.25, 0.3) is 0 Å². The lowest BCUT2D eigenvalue weighted by molar-refractivity contribution is 0.332. The minimum absolute atomic E-state index is 0.00992. The molecule has 0 saturated carbocycles. The van der Waals surface area contributed by atoms with Crippen molar-refractivity contribution in [2.24, 2.45) is 7.05 Å². The molecule has 4 aromatic heterocycles. The maximum atomic E-state index is 7.35. The summed E-state index contributed by atoms with van der Waals surface area (Å²) in [6.45, 7) is 16.5. The Morgan fingerprint density at radius 3 is 2.13 bits per heavy atom. The molecule has 69 heavy (non-hydrogen) atoms. The van der Waals surface area contributed by atoms with Crippen LogP contribution in [-0.2, 0) is 23.3 Å². The molecule has 6 heterocycles. The van der Waals surface area contributed by atoms with E-state index in [2.05, 4.69) is 209 Å². The van der Waals surface area contributed by atoms with Crippen molar-refractivity contribution in [3.8, 4) is 28.2 Å². The Morgan fingerprint density at radius 2 is 1.36 bits per heavy atom. The van der Waals surface area contributed by atoms with E-state index in [9.17, 15) is 0 Å². The first-order chi connectivity index (χ1) is 33.2. The van der Waals surface area contributed by atoms with Crippen LogP contribution in [0.4, 0.5) is 11.4 Å². The highest BCUT2D eigenvalue weighted by molar-refractivity contribution is 7.25. The third kappa shape index (κ3) is 5.19. The van der Waals surface area contributed by atoms with Crippen LogP contribution < -0.4 is 15.7 Å². The summed E-state index contributed by atoms with van der Waals surface area (Å²) in [5.74, 6) is 0.964. The molecule has 0 fully saturated rings. The fourth-order valence-electron chi connectivity index (χ4n) is 13.0. The van der Waals surface area contributed by atoms with Gasteiger partial charge in [-0.3, -0.25) is 0 Å². The molecule has 0 bridgehead atoms. The summed E-state index contributed by atoms with van der Waals surface area (Å²) in [5, 5.41) is 7.41. The maximum absolute atomic E-state index is 7.35. The molecule has 1 aliphatic carbocycles. The highest BCUT2D eigenvalue weighted by Crippen LogP contribution is 2.55. The number of hydrogen-bond acceptors (Lipinski definition) is 4. The first kappa shape index (κ1) is 39.9. The number of rotatable bonds is 2. The van der Waals surface area contributed by atoms with Crippen LogP contribution in [0.1, 0.15) is 78.0 Å². The van der Waals surface area contributed by atoms with Gasteiger partial charge in [-0.1, -0.05) is 127 Å². The second kappa shape index (κ2) is 13.2. The van der Waals surface area contributed by atoms with E-state index in [0.717, 1.165) is 51.8 Å². The van der Waals surface area contributed by atoms with Crippen molar-refractivity contribution >= 4 is 115 Å². The van der Waals surface area contributed by atoms with Gasteiger partial charge in [-0.15, -0.1) is 11.3 Å². The Labute approximate surface area is 405 Å². The number of benzene rings is 8. The topological polar surface area (TPSA) is 39.1 Å². The maximum Gasteiger partial charge on any atom is 0.333 e. The highest BCUT2D eigenvalue weighted by atomic mass is 32.1. The first-order valence-corrected chi connectivity index (χ1v) is 25.5. The normalized spacial score (nSPS) is 15.9. The van der Waals surface area contributed by atoms with E-state index in [1.165, 1.54) is 103 Å². The molecule has 2 aliphatic heterocycles. The fourth-order valence-corrected chi connectivity index (χ4v) is 14.1. The van der Waals surface area contributed by atoms with Gasteiger partial charge in [0.05, 0.1) is 27.5 Å². The van der Waals surface area contributed by atoms with Gasteiger partial charge in [-0.2, -0.15) is 0 Å². The van der Waals surface area contributed by atoms with Crippen LogP contribution in [0.5, 0.6) is 0 Å². The van der Waals surface area contributed by atoms with Gasteiger partial charge in [0.1, 0.15) is 17.0 Å². The van der Waals surface area contributed by atoms with Crippen molar-refractivity contribution in [2.75, 3.05) is 4.81 Å². The minimum atomic E-state index is -0.193. The summed E-state index contributed by atoms with van der Waals surface area (Å²) < 4.78 is 14.9. The van der Waals surface area contributed by atoms with Crippen molar-refractivity contribution in [1.29, 1.82) is 0 Å². The quantitative estimate of drug-likeness (QED) is 0.162. The number of anilines is 2. The van der Waals surface area contributed by atoms with Crippen molar-refractivity contribution in [3.05, 3.63) is 156 Å². The molecule has 7 heteroatoms. The largest absolute Gasteiger partial charge is 0.455 e. The van der Waals surface area contributed by atoms with E-state index in [4.69, 9.17) is 9.40 Å². The molecule has 8 aromatic carbocycles. The van der Waals surface area contributed by atoms with Gasteiger partial charge in [0.15, 0.2) is 0 Å². The zero-order chi connectivity index (χ0) is 46.6. The van der Waals surface area contributed by atoms with Crippen LogP contribution in [0.25, 0.3) is 103 Å². The van der Waals surface area contributed by atoms with Gasteiger partial charge in [0, 0.05) is 71.6 Å². The van der Waals surface area contributed by atoms with Gasteiger partial charge in [0.2, 0.25) is 0 Å². The molecule has 0 radical (unpaired) electrons. The summed E-state index contributed by atoms with van der Waals surface area (Å²) >= 11 is 1.89. The van der Waals surface area contributed by atoms with Crippen molar-refractivity contribution in [3.63, 3.8) is 0 Å². The Hall–Kier alpha value is -7.09. The number of fused-ring (bicyclic) bond motifs is 18. The average molecular weight is 911 g/mol. The molecule has 3 aliphatic rings. The second-order valence-electron chi connectivity index (χ2n) is 22.6. The van der Waals surface area contributed by atoms with Crippen LogP contribution in [0.2, 0.25) is 0 Å². The smallest absolute Gasteiger partial charge is 0.333 e. The molecule has 0 saturated heterocycles. The third-order valence-corrected chi connectivity index (χ3v) is 17.8. The Kier molecular flexibility index (Phi) is 7.60. The monoisotopic (exact) mass is 910 g/mol. The molecule has 15 rings (SSSR count). The number of imidazole rings is 1. The lowest BCUT2D eigenvalue weighted by atomic mass is 9.43. The highest BCUT2D eigenvalue weighted by Gasteiger charge is 2.47. The lowest BCUT2D eigenvalue weighted by Gasteiger charge is -2.42. The summed E-state index contributed by atoms with van der Waals surface area (Å²) in [4.78, 5) is 8.18. The first-order valence-electron chi connectivity index (χ1n) is 24.7. The standard InChI is InChI=1S/C62H51BN4OS/c1-60(2,3)35-22-24-36(25-23-35)67-47-33-52-39(37-18-13-15-21-51(37)69-52)28-40(47)53-54-38-19-12-14-20-50(38)68-58(54)55-41-29-42-43(62(6,7)27-26-61(42,4)5)30-46(41)66-48-32-49-45(31-44(48)63(67)56(53)57(55)66)64-59(65(49)8)34-16-10-9-11-17-34/h9-25,28-33H,26-27H2,1-8H3. The Balaban J connectivity index is 1.19. The number of aromatic nitrogens is 3. The van der Waals surface area contributed by atoms with Crippen molar-refractivity contribution in [1.82, 2.24) is 14.1 Å². The molecule has 0 amide bonds. The summed E-state index contributed by atoms with van der Waals surface area (Å²) in [6, 6.07) is 52.9. The summed E-state index contributed by atoms with van der Waals surface area (Å²) in [7, 11) is 2.18. The van der Waals surface area contributed by atoms with Gasteiger partial charge < -0.3 is 18.4 Å². The predicted octanol–water partition coefficient (Wildman–Crippen LogP) is 15.5. The van der Waals surface area contributed by atoms with E-state index < -0.39 is 0 Å². The second-order valence-corrected chi connectivity index (χ2v) is 23.7. The molecule has 0 spiro atoms. The van der Waals surface area contributed by atoms with Crippen LogP contribution >= 0.6 is 11.3 Å². The lowest BCUT2D eigenvalue weighted by Crippen LogP contribution is -2.60. The van der Waals surface area contributed by atoms with Crippen LogP contribution in [0.15, 0.2) is 144 Å². The average Bonchev–Trinajstić information content (AvgIpc) is 4.10. The van der Waals surface area contributed by atoms with Crippen LogP contribution in [0, 0.1) is 0 Å². The van der Waals surface area contributed by atoms with E-state index in [-0.39, 0.29) is 23.1 Å². The number of furan rings is 1. The van der Waals surface area contributed by atoms with E-state index in [1.807, 2.05) is 11.3 Å². The number of thiophene rings is 1. The van der Waals surface area contributed by atoms with E-state index in [1.54, 1.807) is 0 Å². The zero-order valence-electron chi connectivity index (χ0n) is 40.4. The molecule has 0 N–H and O–H groups in total. The van der Waals surface area contributed by atoms with Gasteiger partial charge in [-0.25, -0.2) is 4.98 Å².